The molecule has 0 radical (unpaired) electrons. The van der Waals surface area contributed by atoms with Gasteiger partial charge in [-0.2, -0.15) is 0 Å². The van der Waals surface area contributed by atoms with E-state index in [1.165, 1.54) is 0 Å². The zero-order valence-electron chi connectivity index (χ0n) is 16.6. The van der Waals surface area contributed by atoms with Crippen LogP contribution in [-0.2, 0) is 0 Å². The zero-order chi connectivity index (χ0) is 19.3. The van der Waals surface area contributed by atoms with Gasteiger partial charge < -0.3 is 9.64 Å². The number of aryl methyl sites for hydroxylation is 1. The quantitative estimate of drug-likeness (QED) is 0.815. The van der Waals surface area contributed by atoms with E-state index in [-0.39, 0.29) is 5.91 Å². The van der Waals surface area contributed by atoms with Gasteiger partial charge in [0.25, 0.3) is 5.91 Å². The monoisotopic (exact) mass is 379 g/mol. The van der Waals surface area contributed by atoms with Crippen LogP contribution in [0.1, 0.15) is 41.6 Å². The van der Waals surface area contributed by atoms with Gasteiger partial charge in [-0.15, -0.1) is 0 Å². The van der Waals surface area contributed by atoms with E-state index in [9.17, 15) is 4.79 Å². The molecule has 2 aliphatic heterocycles. The Morgan fingerprint density at radius 3 is 2.39 bits per heavy atom. The number of piperidine rings is 2. The molecule has 0 bridgehead atoms. The smallest absolute Gasteiger partial charge is 0.253 e. The maximum atomic E-state index is 12.7. The largest absolute Gasteiger partial charge is 0.490 e. The van der Waals surface area contributed by atoms with Crippen molar-refractivity contribution in [3.05, 3.63) is 59.9 Å². The van der Waals surface area contributed by atoms with Gasteiger partial charge in [0.05, 0.1) is 0 Å². The van der Waals surface area contributed by atoms with Crippen molar-refractivity contribution in [2.24, 2.45) is 0 Å². The number of likely N-dealkylation sites (tertiary alicyclic amines) is 2. The highest BCUT2D eigenvalue weighted by Crippen LogP contribution is 2.24. The van der Waals surface area contributed by atoms with Crippen molar-refractivity contribution in [3.8, 4) is 5.75 Å². The number of benzene rings is 1. The summed E-state index contributed by atoms with van der Waals surface area (Å²) in [5, 5.41) is 0. The standard InChI is InChI=1S/C23H29N3O2/c1-18-3-2-4-19(17-18)23(27)26-13-7-20(8-14-26)25-15-9-22(10-16-25)28-21-5-11-24-12-6-21/h2-6,11-12,17,20,22H,7-10,13-16H2,1H3. The summed E-state index contributed by atoms with van der Waals surface area (Å²) in [4.78, 5) is 21.4. The number of hydrogen-bond donors (Lipinski definition) is 0. The highest BCUT2D eigenvalue weighted by Gasteiger charge is 2.30. The number of pyridine rings is 1. The third kappa shape index (κ3) is 4.53. The number of carbonyl (C=O) groups is 1. The molecule has 0 atom stereocenters. The van der Waals surface area contributed by atoms with E-state index in [4.69, 9.17) is 4.74 Å². The van der Waals surface area contributed by atoms with E-state index in [0.717, 1.165) is 68.7 Å². The number of amides is 1. The Bertz CT molecular complexity index is 779. The van der Waals surface area contributed by atoms with Gasteiger partial charge in [-0.25, -0.2) is 0 Å². The van der Waals surface area contributed by atoms with E-state index in [0.29, 0.717) is 12.1 Å². The van der Waals surface area contributed by atoms with Crippen LogP contribution in [0.25, 0.3) is 0 Å². The molecule has 28 heavy (non-hydrogen) atoms. The molecule has 0 N–H and O–H groups in total. The van der Waals surface area contributed by atoms with Crippen LogP contribution in [0, 0.1) is 6.92 Å². The Labute approximate surface area is 167 Å². The third-order valence-corrected chi connectivity index (χ3v) is 5.96. The SMILES string of the molecule is Cc1cccc(C(=O)N2CCC(N3CCC(Oc4ccncc4)CC3)CC2)c1. The predicted octanol–water partition coefficient (Wildman–Crippen LogP) is 3.54. The number of aromatic nitrogens is 1. The molecule has 1 aromatic heterocycles. The molecule has 148 valence electrons. The van der Waals surface area contributed by atoms with Gasteiger partial charge in [0.1, 0.15) is 11.9 Å². The van der Waals surface area contributed by atoms with Crippen molar-refractivity contribution in [3.63, 3.8) is 0 Å². The number of ether oxygens (including phenoxy) is 1. The minimum Gasteiger partial charge on any atom is -0.490 e. The van der Waals surface area contributed by atoms with Crippen molar-refractivity contribution in [1.82, 2.24) is 14.8 Å². The fourth-order valence-corrected chi connectivity index (χ4v) is 4.36. The van der Waals surface area contributed by atoms with Gasteiger partial charge in [0.2, 0.25) is 0 Å². The third-order valence-electron chi connectivity index (χ3n) is 5.96. The highest BCUT2D eigenvalue weighted by atomic mass is 16.5. The average molecular weight is 380 g/mol. The maximum Gasteiger partial charge on any atom is 0.253 e. The summed E-state index contributed by atoms with van der Waals surface area (Å²) in [6.45, 7) is 5.89. The summed E-state index contributed by atoms with van der Waals surface area (Å²) in [5.74, 6) is 1.09. The molecular weight excluding hydrogens is 350 g/mol. The number of rotatable bonds is 4. The van der Waals surface area contributed by atoms with E-state index in [2.05, 4.69) is 9.88 Å². The van der Waals surface area contributed by atoms with E-state index >= 15 is 0 Å². The van der Waals surface area contributed by atoms with Crippen LogP contribution in [-0.4, -0.2) is 59.0 Å². The van der Waals surface area contributed by atoms with Gasteiger partial charge in [-0.3, -0.25) is 14.7 Å². The molecule has 2 saturated heterocycles. The molecule has 2 aromatic rings. The van der Waals surface area contributed by atoms with Crippen molar-refractivity contribution in [2.45, 2.75) is 44.8 Å². The summed E-state index contributed by atoms with van der Waals surface area (Å²) in [7, 11) is 0. The number of hydrogen-bond acceptors (Lipinski definition) is 4. The summed E-state index contributed by atoms with van der Waals surface area (Å²) in [6, 6.07) is 12.3. The molecule has 4 rings (SSSR count). The van der Waals surface area contributed by atoms with Crippen LogP contribution in [0.4, 0.5) is 0 Å². The lowest BCUT2D eigenvalue weighted by atomic mass is 9.98. The Morgan fingerprint density at radius 2 is 1.71 bits per heavy atom. The summed E-state index contributed by atoms with van der Waals surface area (Å²) >= 11 is 0. The Kier molecular flexibility index (Phi) is 5.91. The molecule has 0 spiro atoms. The van der Waals surface area contributed by atoms with Crippen LogP contribution in [0.5, 0.6) is 5.75 Å². The number of nitrogens with zero attached hydrogens (tertiary/aromatic N) is 3. The van der Waals surface area contributed by atoms with Crippen LogP contribution in [0.2, 0.25) is 0 Å². The van der Waals surface area contributed by atoms with Gasteiger partial charge in [-0.1, -0.05) is 17.7 Å². The van der Waals surface area contributed by atoms with Gasteiger partial charge in [-0.05, 0) is 56.9 Å². The number of carbonyl (C=O) groups excluding carboxylic acids is 1. The lowest BCUT2D eigenvalue weighted by Crippen LogP contribution is -2.50. The molecule has 3 heterocycles. The maximum absolute atomic E-state index is 12.7. The summed E-state index contributed by atoms with van der Waals surface area (Å²) in [6.07, 6.45) is 8.09. The first kappa shape index (κ1) is 18.9. The Morgan fingerprint density at radius 1 is 1.00 bits per heavy atom. The molecule has 1 aromatic carbocycles. The van der Waals surface area contributed by atoms with Crippen LogP contribution in [0.15, 0.2) is 48.8 Å². The fourth-order valence-electron chi connectivity index (χ4n) is 4.36. The molecule has 0 aliphatic carbocycles. The van der Waals surface area contributed by atoms with Crippen LogP contribution < -0.4 is 4.74 Å². The second-order valence-corrected chi connectivity index (χ2v) is 7.93. The first-order chi connectivity index (χ1) is 13.7. The zero-order valence-corrected chi connectivity index (χ0v) is 16.6. The Balaban J connectivity index is 1.24. The van der Waals surface area contributed by atoms with Gasteiger partial charge >= 0.3 is 0 Å². The molecule has 0 unspecified atom stereocenters. The lowest BCUT2D eigenvalue weighted by Gasteiger charge is -2.41. The normalized spacial score (nSPS) is 19.5. The molecular formula is C23H29N3O2. The van der Waals surface area contributed by atoms with Gasteiger partial charge in [0, 0.05) is 50.2 Å². The average Bonchev–Trinajstić information content (AvgIpc) is 2.75. The molecule has 5 heteroatoms. The van der Waals surface area contributed by atoms with Gasteiger partial charge in [0.15, 0.2) is 0 Å². The Hall–Kier alpha value is -2.40. The minimum absolute atomic E-state index is 0.173. The van der Waals surface area contributed by atoms with Crippen LogP contribution in [0.3, 0.4) is 0 Å². The van der Waals surface area contributed by atoms with Crippen molar-refractivity contribution < 1.29 is 9.53 Å². The van der Waals surface area contributed by atoms with E-state index in [1.807, 2.05) is 48.2 Å². The minimum atomic E-state index is 0.173. The molecule has 2 aliphatic rings. The topological polar surface area (TPSA) is 45.7 Å². The van der Waals surface area contributed by atoms with Crippen molar-refractivity contribution in [1.29, 1.82) is 0 Å². The van der Waals surface area contributed by atoms with Crippen molar-refractivity contribution >= 4 is 5.91 Å². The highest BCUT2D eigenvalue weighted by molar-refractivity contribution is 5.94. The first-order valence-corrected chi connectivity index (χ1v) is 10.4. The fraction of sp³-hybridized carbons (Fsp3) is 0.478. The molecule has 2 fully saturated rings. The first-order valence-electron chi connectivity index (χ1n) is 10.4. The summed E-state index contributed by atoms with van der Waals surface area (Å²) in [5.41, 5.74) is 1.95. The van der Waals surface area contributed by atoms with Crippen LogP contribution >= 0.6 is 0 Å². The van der Waals surface area contributed by atoms with E-state index in [1.54, 1.807) is 12.4 Å². The summed E-state index contributed by atoms with van der Waals surface area (Å²) < 4.78 is 6.08. The second kappa shape index (κ2) is 8.74. The molecule has 1 amide bonds. The predicted molar refractivity (Wildman–Crippen MR) is 110 cm³/mol. The second-order valence-electron chi connectivity index (χ2n) is 7.93. The molecule has 5 nitrogen and oxygen atoms in total. The van der Waals surface area contributed by atoms with E-state index < -0.39 is 0 Å². The lowest BCUT2D eigenvalue weighted by molar-refractivity contribution is 0.0425. The molecule has 0 saturated carbocycles. The van der Waals surface area contributed by atoms with Crippen molar-refractivity contribution in [2.75, 3.05) is 26.2 Å².